The number of thioether (sulfide) groups is 1. The largest absolute Gasteiger partial charge is 0.356 e. The molecule has 1 atom stereocenters. The normalized spacial score (nSPS) is 18.9. The summed E-state index contributed by atoms with van der Waals surface area (Å²) in [4.78, 5) is 24.5. The monoisotopic (exact) mass is 334 g/mol. The zero-order valence-corrected chi connectivity index (χ0v) is 15.0. The van der Waals surface area contributed by atoms with Gasteiger partial charge in [0, 0.05) is 23.9 Å². The van der Waals surface area contributed by atoms with E-state index < -0.39 is 0 Å². The number of hydrogen-bond donors (Lipinski definition) is 2. The number of carbonyl (C=O) groups is 2. The molecule has 2 amide bonds. The fourth-order valence-corrected chi connectivity index (χ4v) is 3.25. The lowest BCUT2D eigenvalue weighted by Crippen LogP contribution is -2.36. The molecule has 0 radical (unpaired) electrons. The van der Waals surface area contributed by atoms with E-state index >= 15 is 0 Å². The van der Waals surface area contributed by atoms with Crippen LogP contribution in [0.2, 0.25) is 0 Å². The van der Waals surface area contributed by atoms with Gasteiger partial charge in [0.1, 0.15) is 0 Å². The molecule has 1 aromatic carbocycles. The van der Waals surface area contributed by atoms with Crippen LogP contribution < -0.4 is 10.6 Å². The number of nitrogens with one attached hydrogen (secondary N) is 2. The van der Waals surface area contributed by atoms with E-state index in [4.69, 9.17) is 0 Å². The summed E-state index contributed by atoms with van der Waals surface area (Å²) >= 11 is 1.55. The molecule has 2 N–H and O–H groups in total. The molecule has 2 rings (SSSR count). The topological polar surface area (TPSA) is 58.2 Å². The highest BCUT2D eigenvalue weighted by molar-refractivity contribution is 8.00. The summed E-state index contributed by atoms with van der Waals surface area (Å²) in [6.07, 6.45) is 2.03. The quantitative estimate of drug-likeness (QED) is 0.833. The van der Waals surface area contributed by atoms with Gasteiger partial charge in [-0.3, -0.25) is 9.59 Å². The second-order valence-corrected chi connectivity index (χ2v) is 8.05. The highest BCUT2D eigenvalue weighted by Gasteiger charge is 2.18. The van der Waals surface area contributed by atoms with Crippen LogP contribution in [0.1, 0.15) is 45.6 Å². The smallest absolute Gasteiger partial charge is 0.230 e. The number of benzene rings is 1. The molecule has 5 heteroatoms. The van der Waals surface area contributed by atoms with Gasteiger partial charge in [0.2, 0.25) is 11.8 Å². The van der Waals surface area contributed by atoms with Gasteiger partial charge in [0.15, 0.2) is 0 Å². The average Bonchev–Trinajstić information content (AvgIpc) is 2.69. The molecular formula is C18H26N2O2S. The summed E-state index contributed by atoms with van der Waals surface area (Å²) in [5.41, 5.74) is 1.44. The summed E-state index contributed by atoms with van der Waals surface area (Å²) in [5.74, 6) is 0.525. The molecule has 23 heavy (non-hydrogen) atoms. The third-order valence-corrected chi connectivity index (χ3v) is 5.00. The first kappa shape index (κ1) is 17.9. The van der Waals surface area contributed by atoms with E-state index in [2.05, 4.69) is 55.7 Å². The van der Waals surface area contributed by atoms with Crippen molar-refractivity contribution < 1.29 is 9.59 Å². The van der Waals surface area contributed by atoms with E-state index in [1.807, 2.05) is 0 Å². The van der Waals surface area contributed by atoms with E-state index in [1.165, 1.54) is 5.56 Å². The Morgan fingerprint density at radius 3 is 2.61 bits per heavy atom. The van der Waals surface area contributed by atoms with Crippen molar-refractivity contribution in [1.29, 1.82) is 0 Å². The van der Waals surface area contributed by atoms with Crippen LogP contribution >= 0.6 is 11.8 Å². The first-order chi connectivity index (χ1) is 10.8. The van der Waals surface area contributed by atoms with Gasteiger partial charge in [-0.1, -0.05) is 32.9 Å². The van der Waals surface area contributed by atoms with Gasteiger partial charge in [-0.25, -0.2) is 0 Å². The Bertz CT molecular complexity index is 549. The fraction of sp³-hybridized carbons (Fsp3) is 0.556. The van der Waals surface area contributed by atoms with Crippen molar-refractivity contribution in [3.63, 3.8) is 0 Å². The van der Waals surface area contributed by atoms with Crippen LogP contribution in [0.4, 0.5) is 0 Å². The first-order valence-electron chi connectivity index (χ1n) is 8.14. The molecule has 0 aliphatic carbocycles. The Labute approximate surface area is 142 Å². The number of rotatable bonds is 4. The molecule has 4 nitrogen and oxygen atoms in total. The van der Waals surface area contributed by atoms with E-state index in [0.29, 0.717) is 18.7 Å². The first-order valence-corrected chi connectivity index (χ1v) is 9.12. The molecule has 1 fully saturated rings. The van der Waals surface area contributed by atoms with Gasteiger partial charge in [-0.05, 0) is 36.0 Å². The van der Waals surface area contributed by atoms with Gasteiger partial charge in [0.05, 0.1) is 5.75 Å². The van der Waals surface area contributed by atoms with Gasteiger partial charge in [0.25, 0.3) is 0 Å². The summed E-state index contributed by atoms with van der Waals surface area (Å²) in [6.45, 7) is 7.21. The maximum atomic E-state index is 12.1. The molecule has 0 spiro atoms. The van der Waals surface area contributed by atoms with Crippen molar-refractivity contribution in [1.82, 2.24) is 10.6 Å². The second kappa shape index (κ2) is 7.86. The summed E-state index contributed by atoms with van der Waals surface area (Å²) < 4.78 is 0. The van der Waals surface area contributed by atoms with E-state index in [1.54, 1.807) is 11.8 Å². The minimum atomic E-state index is 0.0363. The lowest BCUT2D eigenvalue weighted by molar-refractivity contribution is -0.121. The predicted molar refractivity (Wildman–Crippen MR) is 94.7 cm³/mol. The maximum Gasteiger partial charge on any atom is 0.230 e. The lowest BCUT2D eigenvalue weighted by atomic mass is 9.87. The summed E-state index contributed by atoms with van der Waals surface area (Å²) in [5, 5.41) is 5.86. The Kier molecular flexibility index (Phi) is 6.10. The molecule has 1 aliphatic heterocycles. The van der Waals surface area contributed by atoms with Crippen LogP contribution in [0.3, 0.4) is 0 Å². The Balaban J connectivity index is 1.79. The van der Waals surface area contributed by atoms with E-state index in [9.17, 15) is 9.59 Å². The van der Waals surface area contributed by atoms with Gasteiger partial charge < -0.3 is 10.6 Å². The van der Waals surface area contributed by atoms with Crippen molar-refractivity contribution in [2.24, 2.45) is 0 Å². The number of carbonyl (C=O) groups excluding carboxylic acids is 2. The van der Waals surface area contributed by atoms with Crippen molar-refractivity contribution in [2.45, 2.75) is 56.4 Å². The van der Waals surface area contributed by atoms with Crippen molar-refractivity contribution in [3.8, 4) is 0 Å². The molecule has 0 bridgehead atoms. The SMILES string of the molecule is CC(C)(C)c1ccc(SCC(=O)NC2CCNC(=O)CC2)cc1. The molecule has 1 saturated heterocycles. The van der Waals surface area contributed by atoms with Crippen LogP contribution in [-0.4, -0.2) is 30.2 Å². The molecule has 1 unspecified atom stereocenters. The zero-order chi connectivity index (χ0) is 16.9. The van der Waals surface area contributed by atoms with E-state index in [-0.39, 0.29) is 23.3 Å². The zero-order valence-electron chi connectivity index (χ0n) is 14.1. The van der Waals surface area contributed by atoms with Crippen LogP contribution in [0, 0.1) is 0 Å². The van der Waals surface area contributed by atoms with Crippen LogP contribution in [0.5, 0.6) is 0 Å². The van der Waals surface area contributed by atoms with Gasteiger partial charge >= 0.3 is 0 Å². The van der Waals surface area contributed by atoms with Gasteiger partial charge in [-0.2, -0.15) is 0 Å². The number of hydrogen-bond acceptors (Lipinski definition) is 3. The highest BCUT2D eigenvalue weighted by atomic mass is 32.2. The minimum absolute atomic E-state index is 0.0363. The third-order valence-electron chi connectivity index (χ3n) is 3.99. The third kappa shape index (κ3) is 5.90. The Morgan fingerprint density at radius 1 is 1.26 bits per heavy atom. The maximum absolute atomic E-state index is 12.1. The lowest BCUT2D eigenvalue weighted by Gasteiger charge is -2.19. The predicted octanol–water partition coefficient (Wildman–Crippen LogP) is 2.86. The molecule has 1 aromatic rings. The highest BCUT2D eigenvalue weighted by Crippen LogP contribution is 2.25. The summed E-state index contributed by atoms with van der Waals surface area (Å²) in [7, 11) is 0. The molecule has 1 heterocycles. The molecule has 0 saturated carbocycles. The number of amides is 2. The molecule has 1 aliphatic rings. The fourth-order valence-electron chi connectivity index (χ4n) is 2.54. The standard InChI is InChI=1S/C18H26N2O2S/c1-18(2,3)13-4-7-15(8-5-13)23-12-17(22)20-14-6-9-16(21)19-11-10-14/h4-5,7-8,14H,6,9-12H2,1-3H3,(H,19,21)(H,20,22). The second-order valence-electron chi connectivity index (χ2n) is 7.00. The van der Waals surface area contributed by atoms with Crippen molar-refractivity contribution >= 4 is 23.6 Å². The average molecular weight is 334 g/mol. The summed E-state index contributed by atoms with van der Waals surface area (Å²) in [6, 6.07) is 8.51. The molecule has 0 aromatic heterocycles. The van der Waals surface area contributed by atoms with Crippen LogP contribution in [0.15, 0.2) is 29.2 Å². The molecule has 126 valence electrons. The van der Waals surface area contributed by atoms with Crippen molar-refractivity contribution in [3.05, 3.63) is 29.8 Å². The van der Waals surface area contributed by atoms with Gasteiger partial charge in [-0.15, -0.1) is 11.8 Å². The molecular weight excluding hydrogens is 308 g/mol. The van der Waals surface area contributed by atoms with E-state index in [0.717, 1.165) is 17.7 Å². The Morgan fingerprint density at radius 2 is 1.96 bits per heavy atom. The minimum Gasteiger partial charge on any atom is -0.356 e. The van der Waals surface area contributed by atoms with Crippen LogP contribution in [0.25, 0.3) is 0 Å². The van der Waals surface area contributed by atoms with Crippen molar-refractivity contribution in [2.75, 3.05) is 12.3 Å². The Hall–Kier alpha value is -1.49. The van der Waals surface area contributed by atoms with Crippen LogP contribution in [-0.2, 0) is 15.0 Å².